The Hall–Kier alpha value is -6.84. The van der Waals surface area contributed by atoms with E-state index in [-0.39, 0.29) is 49.5 Å². The third-order valence-electron chi connectivity index (χ3n) is 16.1. The number of aromatic nitrogens is 6. The van der Waals surface area contributed by atoms with Gasteiger partial charge in [-0.2, -0.15) is 4.98 Å². The second-order valence-corrected chi connectivity index (χ2v) is 24.4. The standard InChI is InChI=1S/C59H75N13O6S/c1-8-24-71-55(76)46-31-61-57(66-52(46)72(71)49-11-9-10-48(65-49)59(6,7)78)64-42-18-20-43(21-19-42)68-27-25-67(26-28-68)32-39-33-69(34-39)44-22-16-41(17-23-44)63-54(75)50(58(3,4)5)56(77)70-35-45(73)29-47(70)53(74)60-30-38-12-14-40(15-13-38)51-37(2)62-36-79-51/h8-15,18-21,31,36,39,41,44-45,47,50,73,78H,1,16-17,22-30,32-35H2,2-7H3,(H,60,74)(H,63,75)(H,61,64,66)/t41?,44?,45-,47+,50+/m1/s1. The molecule has 4 aliphatic rings. The van der Waals surface area contributed by atoms with Crippen LogP contribution in [0, 0.1) is 24.2 Å². The summed E-state index contributed by atoms with van der Waals surface area (Å²) in [4.78, 5) is 84.0. The molecule has 418 valence electrons. The molecule has 6 aromatic rings. The van der Waals surface area contributed by atoms with Gasteiger partial charge in [-0.3, -0.25) is 29.0 Å². The number of fused-ring (bicyclic) bond motifs is 1. The van der Waals surface area contributed by atoms with Crippen LogP contribution in [0.15, 0.2) is 95.9 Å². The summed E-state index contributed by atoms with van der Waals surface area (Å²) >= 11 is 1.59. The van der Waals surface area contributed by atoms with Gasteiger partial charge in [-0.05, 0) is 105 Å². The van der Waals surface area contributed by atoms with Crippen molar-refractivity contribution in [3.63, 3.8) is 0 Å². The third-order valence-corrected chi connectivity index (χ3v) is 17.1. The van der Waals surface area contributed by atoms with Crippen molar-refractivity contribution < 1.29 is 24.6 Å². The molecule has 3 atom stereocenters. The van der Waals surface area contributed by atoms with Gasteiger partial charge in [0.1, 0.15) is 22.9 Å². The summed E-state index contributed by atoms with van der Waals surface area (Å²) < 4.78 is 3.16. The van der Waals surface area contributed by atoms with E-state index in [1.54, 1.807) is 54.1 Å². The number of nitrogens with one attached hydrogen (secondary N) is 3. The molecule has 3 saturated heterocycles. The van der Waals surface area contributed by atoms with Crippen molar-refractivity contribution in [2.24, 2.45) is 17.3 Å². The number of anilines is 3. The molecule has 79 heavy (non-hydrogen) atoms. The number of thiazole rings is 1. The van der Waals surface area contributed by atoms with Gasteiger partial charge in [0.15, 0.2) is 11.5 Å². The monoisotopic (exact) mass is 1090 g/mol. The highest BCUT2D eigenvalue weighted by Crippen LogP contribution is 2.35. The molecule has 20 heteroatoms. The molecule has 1 saturated carbocycles. The molecule has 3 amide bonds. The number of amides is 3. The Bertz CT molecular complexity index is 3210. The van der Waals surface area contributed by atoms with Crippen molar-refractivity contribution >= 4 is 57.4 Å². The van der Waals surface area contributed by atoms with Crippen LogP contribution in [0.5, 0.6) is 0 Å². The normalized spacial score (nSPS) is 21.0. The number of aliphatic hydroxyl groups is 2. The summed E-state index contributed by atoms with van der Waals surface area (Å²) in [5.41, 5.74) is 5.43. The number of aliphatic hydroxyl groups excluding tert-OH is 1. The summed E-state index contributed by atoms with van der Waals surface area (Å²) in [5.74, 6) is -0.687. The van der Waals surface area contributed by atoms with Gasteiger partial charge in [-0.15, -0.1) is 17.9 Å². The van der Waals surface area contributed by atoms with Crippen molar-refractivity contribution in [1.29, 1.82) is 0 Å². The van der Waals surface area contributed by atoms with E-state index in [0.29, 0.717) is 40.5 Å². The van der Waals surface area contributed by atoms with E-state index < -0.39 is 35.0 Å². The van der Waals surface area contributed by atoms with Gasteiger partial charge in [0, 0.05) is 95.0 Å². The fourth-order valence-corrected chi connectivity index (χ4v) is 12.6. The van der Waals surface area contributed by atoms with E-state index in [2.05, 4.69) is 64.3 Å². The average molecular weight is 1090 g/mol. The Labute approximate surface area is 465 Å². The van der Waals surface area contributed by atoms with Crippen molar-refractivity contribution in [2.45, 2.75) is 117 Å². The number of carbonyl (C=O) groups excluding carboxylic acids is 3. The van der Waals surface area contributed by atoms with Crippen LogP contribution in [0.4, 0.5) is 17.3 Å². The predicted molar refractivity (Wildman–Crippen MR) is 307 cm³/mol. The van der Waals surface area contributed by atoms with Crippen LogP contribution in [0.1, 0.15) is 83.7 Å². The minimum absolute atomic E-state index is 0.00658. The molecule has 19 nitrogen and oxygen atoms in total. The second kappa shape index (κ2) is 23.1. The lowest BCUT2D eigenvalue weighted by Gasteiger charge is -2.48. The first kappa shape index (κ1) is 55.5. The second-order valence-electron chi connectivity index (χ2n) is 23.5. The molecular weight excluding hydrogens is 1020 g/mol. The Morgan fingerprint density at radius 2 is 1.62 bits per heavy atom. The van der Waals surface area contributed by atoms with Gasteiger partial charge in [0.05, 0.1) is 34.4 Å². The first-order valence-corrected chi connectivity index (χ1v) is 28.6. The van der Waals surface area contributed by atoms with Crippen LogP contribution in [0.25, 0.3) is 27.3 Å². The van der Waals surface area contributed by atoms with Gasteiger partial charge in [-0.1, -0.05) is 57.2 Å². The summed E-state index contributed by atoms with van der Waals surface area (Å²) in [6.45, 7) is 22.4. The number of carbonyl (C=O) groups is 3. The lowest BCUT2D eigenvalue weighted by atomic mass is 9.78. The highest BCUT2D eigenvalue weighted by Gasteiger charge is 2.47. The maximum atomic E-state index is 14.3. The molecule has 0 spiro atoms. The number of pyridine rings is 1. The molecule has 0 unspecified atom stereocenters. The smallest absolute Gasteiger partial charge is 0.278 e. The van der Waals surface area contributed by atoms with Crippen LogP contribution in [-0.4, -0.2) is 149 Å². The summed E-state index contributed by atoms with van der Waals surface area (Å²) in [7, 11) is 0. The SMILES string of the molecule is C=CCn1c(=O)c2cnc(Nc3ccc(N4CCN(CC5CN(C6CCC(NC(=O)[C@@H](C(=O)N7C[C@H](O)C[C@H]7C(=O)NCc7ccc(-c8scnc8C)cc7)C(C)(C)C)CC6)C5)CC4)cc3)nc2n1-c1cccc(C(C)(C)O)n1. The zero-order valence-electron chi connectivity index (χ0n) is 46.3. The van der Waals surface area contributed by atoms with Gasteiger partial charge in [0.25, 0.3) is 5.56 Å². The number of hydrogen-bond acceptors (Lipinski definition) is 15. The molecular formula is C59H75N13O6S. The molecule has 1 aliphatic carbocycles. The van der Waals surface area contributed by atoms with Crippen molar-refractivity contribution in [1.82, 2.24) is 54.6 Å². The molecule has 3 aliphatic heterocycles. The van der Waals surface area contributed by atoms with E-state index in [1.165, 1.54) is 15.8 Å². The van der Waals surface area contributed by atoms with E-state index >= 15 is 0 Å². The first-order chi connectivity index (χ1) is 37.8. The minimum Gasteiger partial charge on any atom is -0.391 e. The quantitative estimate of drug-likeness (QED) is 0.0524. The average Bonchev–Trinajstić information content (AvgIpc) is 4.31. The topological polar surface area (TPSA) is 219 Å². The third kappa shape index (κ3) is 12.3. The first-order valence-electron chi connectivity index (χ1n) is 27.8. The van der Waals surface area contributed by atoms with Crippen molar-refractivity contribution in [2.75, 3.05) is 62.6 Å². The van der Waals surface area contributed by atoms with Crippen LogP contribution in [-0.2, 0) is 33.1 Å². The van der Waals surface area contributed by atoms with Crippen LogP contribution >= 0.6 is 11.3 Å². The molecule has 2 aromatic carbocycles. The molecule has 0 radical (unpaired) electrons. The number of piperazine rings is 1. The molecule has 5 N–H and O–H groups in total. The van der Waals surface area contributed by atoms with Gasteiger partial charge >= 0.3 is 0 Å². The molecule has 10 rings (SSSR count). The highest BCUT2D eigenvalue weighted by atomic mass is 32.1. The summed E-state index contributed by atoms with van der Waals surface area (Å²) in [5, 5.41) is 31.3. The number of rotatable bonds is 17. The fourth-order valence-electron chi connectivity index (χ4n) is 11.8. The number of aryl methyl sites for hydroxylation is 1. The molecule has 7 heterocycles. The van der Waals surface area contributed by atoms with Crippen LogP contribution in [0.3, 0.4) is 0 Å². The number of hydrogen-bond donors (Lipinski definition) is 5. The Morgan fingerprint density at radius 1 is 0.899 bits per heavy atom. The van der Waals surface area contributed by atoms with E-state index in [4.69, 9.17) is 4.98 Å². The molecule has 4 fully saturated rings. The van der Waals surface area contributed by atoms with E-state index in [0.717, 1.165) is 105 Å². The Balaban J connectivity index is 0.658. The van der Waals surface area contributed by atoms with Crippen molar-refractivity contribution in [3.05, 3.63) is 118 Å². The number of nitrogens with zero attached hydrogens (tertiary/aromatic N) is 10. The van der Waals surface area contributed by atoms with Gasteiger partial charge < -0.3 is 36.0 Å². The summed E-state index contributed by atoms with van der Waals surface area (Å²) in [6.07, 6.45) is 6.09. The zero-order valence-corrected chi connectivity index (χ0v) is 47.1. The Kier molecular flexibility index (Phi) is 16.2. The van der Waals surface area contributed by atoms with Gasteiger partial charge in [0.2, 0.25) is 23.7 Å². The number of allylic oxidation sites excluding steroid dienone is 1. The van der Waals surface area contributed by atoms with Crippen LogP contribution < -0.4 is 26.4 Å². The summed E-state index contributed by atoms with van der Waals surface area (Å²) in [6, 6.07) is 21.1. The maximum Gasteiger partial charge on any atom is 0.278 e. The van der Waals surface area contributed by atoms with E-state index in [1.807, 2.05) is 69.6 Å². The van der Waals surface area contributed by atoms with E-state index in [9.17, 15) is 29.4 Å². The fraction of sp³-hybridized carbons (Fsp3) is 0.492. The highest BCUT2D eigenvalue weighted by molar-refractivity contribution is 7.13. The van der Waals surface area contributed by atoms with Gasteiger partial charge in [-0.25, -0.2) is 24.3 Å². The minimum atomic E-state index is -1.18. The Morgan fingerprint density at radius 3 is 2.28 bits per heavy atom. The van der Waals surface area contributed by atoms with Crippen LogP contribution in [0.2, 0.25) is 0 Å². The number of benzene rings is 2. The zero-order chi connectivity index (χ0) is 55.8. The lowest BCUT2D eigenvalue weighted by Crippen LogP contribution is -2.58. The molecule has 0 bridgehead atoms. The number of likely N-dealkylation sites (tertiary alicyclic amines) is 2. The predicted octanol–water partition coefficient (Wildman–Crippen LogP) is 5.99. The van der Waals surface area contributed by atoms with Crippen molar-refractivity contribution in [3.8, 4) is 16.3 Å². The largest absolute Gasteiger partial charge is 0.391 e. The molecule has 4 aromatic heterocycles. The lowest BCUT2D eigenvalue weighted by molar-refractivity contribution is -0.150. The number of β-amino-alcohol motifs (C(OH)–C–C–N with tert-alkyl or cyclic N) is 1. The maximum absolute atomic E-state index is 14.3.